The molecule has 1 N–H and O–H groups in total. The summed E-state index contributed by atoms with van der Waals surface area (Å²) in [5.74, 6) is 1.70. The molecule has 2 aliphatic rings. The SMILES string of the molecule is COc1ccc(-n2nc3c(c2NC(=O)C2CC(=O)N(c4ccc(F)cc4)C2)CSC3)cc1. The lowest BCUT2D eigenvalue weighted by molar-refractivity contribution is -0.122. The van der Waals surface area contributed by atoms with Crippen molar-refractivity contribution in [2.45, 2.75) is 17.9 Å². The summed E-state index contributed by atoms with van der Waals surface area (Å²) in [5, 5.41) is 7.75. The lowest BCUT2D eigenvalue weighted by atomic mass is 10.1. The Hall–Kier alpha value is -3.33. The molecule has 7 nitrogen and oxygen atoms in total. The molecule has 3 aromatic rings. The van der Waals surface area contributed by atoms with Crippen LogP contribution in [0, 0.1) is 11.7 Å². The summed E-state index contributed by atoms with van der Waals surface area (Å²) in [6, 6.07) is 13.2. The minimum atomic E-state index is -0.503. The summed E-state index contributed by atoms with van der Waals surface area (Å²) in [7, 11) is 1.61. The summed E-state index contributed by atoms with van der Waals surface area (Å²) in [6.07, 6.45) is 0.108. The maximum atomic E-state index is 13.2. The van der Waals surface area contributed by atoms with E-state index in [0.717, 1.165) is 34.2 Å². The summed E-state index contributed by atoms with van der Waals surface area (Å²) < 4.78 is 20.2. The Bertz CT molecular complexity index is 1180. The number of rotatable bonds is 5. The molecule has 1 saturated heterocycles. The molecule has 1 fully saturated rings. The monoisotopic (exact) mass is 452 g/mol. The number of thioether (sulfide) groups is 1. The van der Waals surface area contributed by atoms with Crippen molar-refractivity contribution in [2.24, 2.45) is 5.92 Å². The number of anilines is 2. The van der Waals surface area contributed by atoms with Crippen molar-refractivity contribution in [1.82, 2.24) is 9.78 Å². The second-order valence-electron chi connectivity index (χ2n) is 7.75. The predicted octanol–water partition coefficient (Wildman–Crippen LogP) is 3.76. The van der Waals surface area contributed by atoms with E-state index in [0.29, 0.717) is 11.5 Å². The third-order valence-corrected chi connectivity index (χ3v) is 6.71. The van der Waals surface area contributed by atoms with Gasteiger partial charge in [0.05, 0.1) is 24.4 Å². The van der Waals surface area contributed by atoms with Gasteiger partial charge in [-0.2, -0.15) is 16.9 Å². The van der Waals surface area contributed by atoms with Crippen LogP contribution < -0.4 is 15.0 Å². The maximum Gasteiger partial charge on any atom is 0.230 e. The zero-order valence-corrected chi connectivity index (χ0v) is 18.2. The molecule has 3 heterocycles. The van der Waals surface area contributed by atoms with Crippen LogP contribution in [0.2, 0.25) is 0 Å². The quantitative estimate of drug-likeness (QED) is 0.638. The van der Waals surface area contributed by atoms with Crippen molar-refractivity contribution in [2.75, 3.05) is 23.9 Å². The first-order chi connectivity index (χ1) is 15.5. The molecular formula is C23H21FN4O3S. The van der Waals surface area contributed by atoms with Gasteiger partial charge < -0.3 is 15.0 Å². The number of fused-ring (bicyclic) bond motifs is 1. The zero-order valence-electron chi connectivity index (χ0n) is 17.4. The fourth-order valence-electron chi connectivity index (χ4n) is 4.02. The number of methoxy groups -OCH3 is 1. The Balaban J connectivity index is 1.38. The molecular weight excluding hydrogens is 431 g/mol. The molecule has 9 heteroatoms. The smallest absolute Gasteiger partial charge is 0.230 e. The van der Waals surface area contributed by atoms with Crippen molar-refractivity contribution < 1.29 is 18.7 Å². The number of carbonyl (C=O) groups excluding carboxylic acids is 2. The van der Waals surface area contributed by atoms with Gasteiger partial charge in [-0.1, -0.05) is 0 Å². The lowest BCUT2D eigenvalue weighted by Gasteiger charge is -2.17. The predicted molar refractivity (Wildman–Crippen MR) is 121 cm³/mol. The second kappa shape index (κ2) is 8.31. The Morgan fingerprint density at radius 2 is 1.84 bits per heavy atom. The number of hydrogen-bond acceptors (Lipinski definition) is 5. The number of nitrogens with zero attached hydrogens (tertiary/aromatic N) is 3. The van der Waals surface area contributed by atoms with Crippen LogP contribution in [0.5, 0.6) is 5.75 Å². The normalized spacial score (nSPS) is 17.5. The highest BCUT2D eigenvalue weighted by Gasteiger charge is 2.36. The van der Waals surface area contributed by atoms with Gasteiger partial charge in [-0.25, -0.2) is 9.07 Å². The highest BCUT2D eigenvalue weighted by Crippen LogP contribution is 2.37. The fraction of sp³-hybridized carbons (Fsp3) is 0.261. The topological polar surface area (TPSA) is 76.5 Å². The molecule has 1 unspecified atom stereocenters. The first-order valence-electron chi connectivity index (χ1n) is 10.2. The summed E-state index contributed by atoms with van der Waals surface area (Å²) in [4.78, 5) is 27.2. The van der Waals surface area contributed by atoms with Gasteiger partial charge in [-0.05, 0) is 48.5 Å². The summed E-state index contributed by atoms with van der Waals surface area (Å²) in [6.45, 7) is 0.254. The molecule has 32 heavy (non-hydrogen) atoms. The van der Waals surface area contributed by atoms with Crippen molar-refractivity contribution in [3.8, 4) is 11.4 Å². The Morgan fingerprint density at radius 3 is 2.56 bits per heavy atom. The van der Waals surface area contributed by atoms with Gasteiger partial charge in [0.15, 0.2) is 0 Å². The molecule has 5 rings (SSSR count). The minimum Gasteiger partial charge on any atom is -0.497 e. The molecule has 2 aliphatic heterocycles. The van der Waals surface area contributed by atoms with Gasteiger partial charge in [-0.15, -0.1) is 0 Å². The molecule has 1 aromatic heterocycles. The first kappa shape index (κ1) is 20.6. The Morgan fingerprint density at radius 1 is 1.12 bits per heavy atom. The minimum absolute atomic E-state index is 0.108. The molecule has 0 bridgehead atoms. The van der Waals surface area contributed by atoms with E-state index >= 15 is 0 Å². The largest absolute Gasteiger partial charge is 0.497 e. The van der Waals surface area contributed by atoms with Crippen LogP contribution in [0.1, 0.15) is 17.7 Å². The van der Waals surface area contributed by atoms with Crippen molar-refractivity contribution >= 4 is 35.1 Å². The van der Waals surface area contributed by atoms with Crippen LogP contribution in [0.3, 0.4) is 0 Å². The number of halogens is 1. The average molecular weight is 453 g/mol. The highest BCUT2D eigenvalue weighted by atomic mass is 32.2. The number of hydrogen-bond donors (Lipinski definition) is 1. The van der Waals surface area contributed by atoms with Gasteiger partial charge in [0, 0.05) is 35.7 Å². The maximum absolute atomic E-state index is 13.2. The van der Waals surface area contributed by atoms with E-state index in [1.807, 2.05) is 24.3 Å². The molecule has 0 radical (unpaired) electrons. The van der Waals surface area contributed by atoms with Gasteiger partial charge in [-0.3, -0.25) is 9.59 Å². The lowest BCUT2D eigenvalue weighted by Crippen LogP contribution is -2.28. The molecule has 0 spiro atoms. The van der Waals surface area contributed by atoms with E-state index in [1.165, 1.54) is 17.0 Å². The first-order valence-corrected chi connectivity index (χ1v) is 11.4. The number of benzene rings is 2. The van der Waals surface area contributed by atoms with E-state index in [-0.39, 0.29) is 30.6 Å². The zero-order chi connectivity index (χ0) is 22.2. The van der Waals surface area contributed by atoms with Crippen LogP contribution in [-0.2, 0) is 21.1 Å². The van der Waals surface area contributed by atoms with E-state index in [4.69, 9.17) is 9.84 Å². The Labute approximate surface area is 188 Å². The third kappa shape index (κ3) is 3.73. The highest BCUT2D eigenvalue weighted by molar-refractivity contribution is 7.98. The second-order valence-corrected chi connectivity index (χ2v) is 8.73. The van der Waals surface area contributed by atoms with Gasteiger partial charge in [0.2, 0.25) is 11.8 Å². The van der Waals surface area contributed by atoms with E-state index in [1.54, 1.807) is 35.7 Å². The van der Waals surface area contributed by atoms with E-state index < -0.39 is 5.92 Å². The molecule has 2 amide bonds. The van der Waals surface area contributed by atoms with Crippen molar-refractivity contribution in [3.63, 3.8) is 0 Å². The van der Waals surface area contributed by atoms with Crippen LogP contribution in [0.25, 0.3) is 5.69 Å². The van der Waals surface area contributed by atoms with Crippen LogP contribution >= 0.6 is 11.8 Å². The Kier molecular flexibility index (Phi) is 5.34. The number of nitrogens with one attached hydrogen (secondary N) is 1. The number of amides is 2. The summed E-state index contributed by atoms with van der Waals surface area (Å²) in [5.41, 5.74) is 3.37. The van der Waals surface area contributed by atoms with Crippen LogP contribution in [0.4, 0.5) is 15.9 Å². The molecule has 1 atom stereocenters. The number of carbonyl (C=O) groups is 2. The standard InChI is InChI=1S/C23H21FN4O3S/c1-31-18-8-6-17(7-9-18)28-22(19-12-32-13-20(19)26-28)25-23(30)14-10-21(29)27(11-14)16-4-2-15(24)3-5-16/h2-9,14H,10-13H2,1H3,(H,25,30). The average Bonchev–Trinajstić information content (AvgIpc) is 3.50. The number of aromatic nitrogens is 2. The molecule has 0 saturated carbocycles. The van der Waals surface area contributed by atoms with Crippen molar-refractivity contribution in [3.05, 3.63) is 65.6 Å². The van der Waals surface area contributed by atoms with Gasteiger partial charge in [0.1, 0.15) is 17.4 Å². The molecule has 0 aliphatic carbocycles. The van der Waals surface area contributed by atoms with Gasteiger partial charge >= 0.3 is 0 Å². The fourth-order valence-corrected chi connectivity index (χ4v) is 5.06. The van der Waals surface area contributed by atoms with Crippen LogP contribution in [0.15, 0.2) is 48.5 Å². The number of ether oxygens (including phenoxy) is 1. The van der Waals surface area contributed by atoms with Gasteiger partial charge in [0.25, 0.3) is 0 Å². The van der Waals surface area contributed by atoms with E-state index in [2.05, 4.69) is 5.32 Å². The molecule has 2 aromatic carbocycles. The third-order valence-electron chi connectivity index (χ3n) is 5.74. The van der Waals surface area contributed by atoms with E-state index in [9.17, 15) is 14.0 Å². The molecule has 164 valence electrons. The summed E-state index contributed by atoms with van der Waals surface area (Å²) >= 11 is 1.75. The van der Waals surface area contributed by atoms with Crippen molar-refractivity contribution in [1.29, 1.82) is 0 Å². The van der Waals surface area contributed by atoms with Crippen LogP contribution in [-0.4, -0.2) is 35.2 Å².